The summed E-state index contributed by atoms with van der Waals surface area (Å²) in [6, 6.07) is 0. The van der Waals surface area contributed by atoms with Gasteiger partial charge in [0.15, 0.2) is 0 Å². The quantitative estimate of drug-likeness (QED) is 0.444. The third-order valence-corrected chi connectivity index (χ3v) is 5.59. The zero-order valence-electron chi connectivity index (χ0n) is 9.59. The Balaban J connectivity index is 2.20. The molecular formula is C11H19IO3. The first-order chi connectivity index (χ1) is 7.06. The maximum absolute atomic E-state index is 5.61. The summed E-state index contributed by atoms with van der Waals surface area (Å²) in [5.41, 5.74) is -0.136. The smallest absolute Gasteiger partial charge is 0.204 e. The van der Waals surface area contributed by atoms with Crippen LogP contribution in [0.5, 0.6) is 0 Å². The Morgan fingerprint density at radius 1 is 1.40 bits per heavy atom. The normalized spacial score (nSPS) is 50.4. The van der Waals surface area contributed by atoms with E-state index >= 15 is 0 Å². The zero-order valence-corrected chi connectivity index (χ0v) is 11.7. The second kappa shape index (κ2) is 4.13. The number of hydrogen-bond acceptors (Lipinski definition) is 3. The first-order valence-electron chi connectivity index (χ1n) is 5.54. The van der Waals surface area contributed by atoms with Gasteiger partial charge in [0.05, 0.1) is 0 Å². The highest BCUT2D eigenvalue weighted by atomic mass is 127. The number of hydrogen-bond donors (Lipinski definition) is 0. The molecule has 4 atom stereocenters. The first kappa shape index (κ1) is 12.1. The zero-order chi connectivity index (χ0) is 11.1. The number of fused-ring (bicyclic) bond motifs is 2. The van der Waals surface area contributed by atoms with Crippen LogP contribution in [-0.4, -0.2) is 22.9 Å². The SMILES string of the molecule is CO[C@@]12C[C@@H](CC[C@@H]1C)C(C)(CI)OO2. The molecule has 0 aromatic rings. The molecule has 1 saturated heterocycles. The molecule has 2 rings (SSSR count). The number of rotatable bonds is 2. The fraction of sp³-hybridized carbons (Fsp3) is 1.00. The van der Waals surface area contributed by atoms with Crippen LogP contribution in [0.15, 0.2) is 0 Å². The lowest BCUT2D eigenvalue weighted by Crippen LogP contribution is -2.58. The molecule has 1 unspecified atom stereocenters. The van der Waals surface area contributed by atoms with Gasteiger partial charge in [-0.25, -0.2) is 9.78 Å². The van der Waals surface area contributed by atoms with Gasteiger partial charge in [-0.2, -0.15) is 0 Å². The molecule has 1 heterocycles. The van der Waals surface area contributed by atoms with E-state index in [1.54, 1.807) is 7.11 Å². The van der Waals surface area contributed by atoms with Gasteiger partial charge in [0.1, 0.15) is 5.60 Å². The Morgan fingerprint density at radius 3 is 2.73 bits per heavy atom. The van der Waals surface area contributed by atoms with E-state index in [0.717, 1.165) is 17.3 Å². The summed E-state index contributed by atoms with van der Waals surface area (Å²) in [5, 5.41) is 0. The maximum Gasteiger partial charge on any atom is 0.204 e. The predicted octanol–water partition coefficient (Wildman–Crippen LogP) is 2.92. The van der Waals surface area contributed by atoms with Crippen molar-refractivity contribution < 1.29 is 14.5 Å². The van der Waals surface area contributed by atoms with E-state index < -0.39 is 5.79 Å². The number of alkyl halides is 1. The topological polar surface area (TPSA) is 27.7 Å². The van der Waals surface area contributed by atoms with E-state index in [1.807, 2.05) is 0 Å². The molecule has 0 amide bonds. The van der Waals surface area contributed by atoms with Crippen molar-refractivity contribution in [3.63, 3.8) is 0 Å². The van der Waals surface area contributed by atoms with Crippen LogP contribution in [0, 0.1) is 11.8 Å². The Morgan fingerprint density at radius 2 is 2.13 bits per heavy atom. The summed E-state index contributed by atoms with van der Waals surface area (Å²) in [5.74, 6) is 0.477. The second-order valence-electron chi connectivity index (χ2n) is 5.01. The molecule has 1 aliphatic carbocycles. The highest BCUT2D eigenvalue weighted by molar-refractivity contribution is 14.1. The fourth-order valence-electron chi connectivity index (χ4n) is 2.64. The molecule has 1 saturated carbocycles. The molecule has 15 heavy (non-hydrogen) atoms. The molecule has 0 N–H and O–H groups in total. The van der Waals surface area contributed by atoms with E-state index in [2.05, 4.69) is 36.4 Å². The summed E-state index contributed by atoms with van der Waals surface area (Å²) >= 11 is 2.37. The summed E-state index contributed by atoms with van der Waals surface area (Å²) in [7, 11) is 1.72. The van der Waals surface area contributed by atoms with E-state index in [-0.39, 0.29) is 5.60 Å². The molecule has 0 radical (unpaired) electrons. The third kappa shape index (κ3) is 1.83. The molecule has 2 aliphatic rings. The van der Waals surface area contributed by atoms with Crippen LogP contribution >= 0.6 is 22.6 Å². The molecule has 2 fully saturated rings. The van der Waals surface area contributed by atoms with Gasteiger partial charge in [0.25, 0.3) is 0 Å². The Hall–Kier alpha value is 0.610. The maximum atomic E-state index is 5.61. The monoisotopic (exact) mass is 326 g/mol. The van der Waals surface area contributed by atoms with Crippen LogP contribution in [0.1, 0.15) is 33.1 Å². The molecule has 0 spiro atoms. The molecule has 4 heteroatoms. The average Bonchev–Trinajstić information content (AvgIpc) is 2.28. The molecule has 0 aromatic heterocycles. The number of ether oxygens (including phenoxy) is 1. The average molecular weight is 326 g/mol. The van der Waals surface area contributed by atoms with Gasteiger partial charge in [0, 0.05) is 23.9 Å². The minimum Gasteiger partial charge on any atom is -0.350 e. The Kier molecular flexibility index (Phi) is 3.32. The minimum atomic E-state index is -0.492. The molecular weight excluding hydrogens is 307 g/mol. The van der Waals surface area contributed by atoms with Crippen molar-refractivity contribution in [2.24, 2.45) is 11.8 Å². The van der Waals surface area contributed by atoms with E-state index in [9.17, 15) is 0 Å². The molecule has 1 aliphatic heterocycles. The van der Waals surface area contributed by atoms with Crippen LogP contribution in [-0.2, 0) is 14.5 Å². The van der Waals surface area contributed by atoms with Gasteiger partial charge in [-0.05, 0) is 25.7 Å². The van der Waals surface area contributed by atoms with Crippen LogP contribution < -0.4 is 0 Å². The highest BCUT2D eigenvalue weighted by Gasteiger charge is 2.55. The number of methoxy groups -OCH3 is 1. The molecule has 0 aromatic carbocycles. The number of halogens is 1. The van der Waals surface area contributed by atoms with Crippen LogP contribution in [0.2, 0.25) is 0 Å². The van der Waals surface area contributed by atoms with Gasteiger partial charge in [0.2, 0.25) is 5.79 Å². The summed E-state index contributed by atoms with van der Waals surface area (Å²) < 4.78 is 6.51. The second-order valence-corrected chi connectivity index (χ2v) is 5.77. The standard InChI is InChI=1S/C11H19IO3/c1-8-4-5-9-6-11(8,13-3)15-14-10(9,2)7-12/h8-9H,4-7H2,1-3H3/t8-,9+,10?,11+/m0/s1. The molecule has 88 valence electrons. The largest absolute Gasteiger partial charge is 0.350 e. The predicted molar refractivity (Wildman–Crippen MR) is 65.7 cm³/mol. The van der Waals surface area contributed by atoms with Crippen molar-refractivity contribution >= 4 is 22.6 Å². The van der Waals surface area contributed by atoms with Crippen molar-refractivity contribution in [2.75, 3.05) is 11.5 Å². The van der Waals surface area contributed by atoms with Crippen molar-refractivity contribution in [3.05, 3.63) is 0 Å². The lowest BCUT2D eigenvalue weighted by Gasteiger charge is -2.52. The first-order valence-corrected chi connectivity index (χ1v) is 7.07. The fourth-order valence-corrected chi connectivity index (χ4v) is 3.39. The van der Waals surface area contributed by atoms with Crippen molar-refractivity contribution in [1.29, 1.82) is 0 Å². The van der Waals surface area contributed by atoms with Gasteiger partial charge < -0.3 is 4.74 Å². The van der Waals surface area contributed by atoms with Crippen LogP contribution in [0.25, 0.3) is 0 Å². The van der Waals surface area contributed by atoms with Gasteiger partial charge in [-0.15, -0.1) is 0 Å². The lowest BCUT2D eigenvalue weighted by molar-refractivity contribution is -0.511. The van der Waals surface area contributed by atoms with Gasteiger partial charge in [-0.3, -0.25) is 0 Å². The summed E-state index contributed by atoms with van der Waals surface area (Å²) in [6.45, 7) is 4.31. The van der Waals surface area contributed by atoms with Crippen molar-refractivity contribution in [3.8, 4) is 0 Å². The summed E-state index contributed by atoms with van der Waals surface area (Å²) in [6.07, 6.45) is 3.34. The third-order valence-electron chi connectivity index (χ3n) is 4.08. The minimum absolute atomic E-state index is 0.136. The molecule has 2 bridgehead atoms. The Labute approximate surface area is 105 Å². The van der Waals surface area contributed by atoms with Gasteiger partial charge in [-0.1, -0.05) is 29.5 Å². The summed E-state index contributed by atoms with van der Waals surface area (Å²) in [4.78, 5) is 11.2. The van der Waals surface area contributed by atoms with E-state index in [1.165, 1.54) is 6.42 Å². The van der Waals surface area contributed by atoms with Crippen molar-refractivity contribution in [2.45, 2.75) is 44.5 Å². The van der Waals surface area contributed by atoms with E-state index in [0.29, 0.717) is 11.8 Å². The highest BCUT2D eigenvalue weighted by Crippen LogP contribution is 2.50. The van der Waals surface area contributed by atoms with E-state index in [4.69, 9.17) is 14.5 Å². The Bertz CT molecular complexity index is 248. The lowest BCUT2D eigenvalue weighted by atomic mass is 9.71. The van der Waals surface area contributed by atoms with Crippen LogP contribution in [0.4, 0.5) is 0 Å². The molecule has 3 nitrogen and oxygen atoms in total. The van der Waals surface area contributed by atoms with Crippen LogP contribution in [0.3, 0.4) is 0 Å². The van der Waals surface area contributed by atoms with Crippen molar-refractivity contribution in [1.82, 2.24) is 0 Å². The van der Waals surface area contributed by atoms with Gasteiger partial charge >= 0.3 is 0 Å².